The number of fused-ring (bicyclic) bond motifs is 1. The highest BCUT2D eigenvalue weighted by molar-refractivity contribution is 7.87. The van der Waals surface area contributed by atoms with Crippen molar-refractivity contribution in [1.82, 2.24) is 19.7 Å². The summed E-state index contributed by atoms with van der Waals surface area (Å²) >= 11 is 1.49. The van der Waals surface area contributed by atoms with Gasteiger partial charge in [-0.25, -0.2) is 4.98 Å². The second kappa shape index (κ2) is 11.7. The summed E-state index contributed by atoms with van der Waals surface area (Å²) in [4.78, 5) is 19.2. The second-order valence-electron chi connectivity index (χ2n) is 9.91. The van der Waals surface area contributed by atoms with Crippen LogP contribution in [-0.2, 0) is 50.3 Å². The normalized spacial score (nSPS) is 18.7. The third kappa shape index (κ3) is 6.90. The molecule has 1 atom stereocenters. The van der Waals surface area contributed by atoms with Gasteiger partial charge in [0.2, 0.25) is 12.2 Å². The van der Waals surface area contributed by atoms with E-state index in [4.69, 9.17) is 18.6 Å². The first-order valence-corrected chi connectivity index (χ1v) is 15.5. The van der Waals surface area contributed by atoms with E-state index in [-0.39, 0.29) is 48.8 Å². The lowest BCUT2D eigenvalue weighted by Gasteiger charge is -2.31. The molecule has 10 nitrogen and oxygen atoms in total. The second-order valence-corrected chi connectivity index (χ2v) is 12.7. The van der Waals surface area contributed by atoms with Gasteiger partial charge in [-0.3, -0.25) is 9.48 Å². The van der Waals surface area contributed by atoms with Gasteiger partial charge in [-0.05, 0) is 56.0 Å². The molecule has 15 heteroatoms. The first-order valence-electron chi connectivity index (χ1n) is 13.0. The van der Waals surface area contributed by atoms with E-state index in [2.05, 4.69) is 5.10 Å². The predicted octanol–water partition coefficient (Wildman–Crippen LogP) is 4.55. The van der Waals surface area contributed by atoms with Crippen LogP contribution >= 0.6 is 11.3 Å². The molecule has 0 aliphatic carbocycles. The number of alkyl halides is 3. The van der Waals surface area contributed by atoms with Crippen molar-refractivity contribution in [2.24, 2.45) is 0 Å². The molecule has 3 aromatic rings. The smallest absolute Gasteiger partial charge is 0.382 e. The molecule has 0 N–H and O–H groups in total. The van der Waals surface area contributed by atoms with Crippen molar-refractivity contribution in [3.8, 4) is 5.75 Å². The molecular weight excluding hydrogens is 585 g/mol. The van der Waals surface area contributed by atoms with E-state index in [1.807, 2.05) is 5.38 Å². The Balaban J connectivity index is 1.15. The Labute approximate surface area is 239 Å². The van der Waals surface area contributed by atoms with Crippen molar-refractivity contribution in [3.05, 3.63) is 62.9 Å². The summed E-state index contributed by atoms with van der Waals surface area (Å²) in [5.74, 6) is -0.0583. The molecule has 222 valence electrons. The van der Waals surface area contributed by atoms with Gasteiger partial charge in [-0.1, -0.05) is 6.07 Å². The Morgan fingerprint density at radius 2 is 1.85 bits per heavy atom. The zero-order valence-electron chi connectivity index (χ0n) is 22.4. The van der Waals surface area contributed by atoms with Crippen molar-refractivity contribution < 1.29 is 40.0 Å². The monoisotopic (exact) mass is 614 g/mol. The largest absolute Gasteiger partial charge is 0.435 e. The van der Waals surface area contributed by atoms with Crippen LogP contribution in [0.5, 0.6) is 5.75 Å². The Bertz CT molecular complexity index is 1510. The van der Waals surface area contributed by atoms with Gasteiger partial charge in [0.25, 0.3) is 0 Å². The number of halogens is 3. The summed E-state index contributed by atoms with van der Waals surface area (Å²) in [5, 5.41) is 6.33. The first kappa shape index (κ1) is 29.5. The van der Waals surface area contributed by atoms with Crippen LogP contribution in [0.4, 0.5) is 13.2 Å². The van der Waals surface area contributed by atoms with Gasteiger partial charge in [0.15, 0.2) is 5.69 Å². The van der Waals surface area contributed by atoms with Crippen LogP contribution in [0.2, 0.25) is 0 Å². The van der Waals surface area contributed by atoms with Gasteiger partial charge in [-0.15, -0.1) is 11.3 Å². The van der Waals surface area contributed by atoms with Crippen molar-refractivity contribution >= 4 is 27.4 Å². The Kier molecular flexibility index (Phi) is 8.41. The number of aryl methyl sites for hydroxylation is 1. The van der Waals surface area contributed by atoms with Crippen LogP contribution in [0.15, 0.2) is 29.6 Å². The minimum absolute atomic E-state index is 0.129. The van der Waals surface area contributed by atoms with Gasteiger partial charge >= 0.3 is 16.3 Å². The molecular formula is C26H29F3N4O6S2. The molecule has 1 saturated heterocycles. The molecule has 2 aromatic heterocycles. The number of rotatable bonds is 7. The first-order chi connectivity index (χ1) is 19.4. The van der Waals surface area contributed by atoms with Crippen LogP contribution in [-0.4, -0.2) is 52.8 Å². The third-order valence-corrected chi connectivity index (χ3v) is 9.25. The summed E-state index contributed by atoms with van der Waals surface area (Å²) in [6, 6.07) is 5.92. The fourth-order valence-electron chi connectivity index (χ4n) is 4.69. The lowest BCUT2D eigenvalue weighted by molar-refractivity contribution is -0.155. The maximum Gasteiger partial charge on any atom is 0.435 e. The van der Waals surface area contributed by atoms with E-state index >= 15 is 0 Å². The van der Waals surface area contributed by atoms with Gasteiger partial charge in [-0.2, -0.15) is 26.7 Å². The molecule has 2 aliphatic heterocycles. The van der Waals surface area contributed by atoms with E-state index in [1.165, 1.54) is 25.2 Å². The highest BCUT2D eigenvalue weighted by Gasteiger charge is 2.35. The number of carbonyl (C=O) groups excluding carboxylic acids is 1. The van der Waals surface area contributed by atoms with E-state index in [0.717, 1.165) is 26.9 Å². The predicted molar refractivity (Wildman–Crippen MR) is 141 cm³/mol. The Hall–Kier alpha value is -3.01. The van der Waals surface area contributed by atoms with Gasteiger partial charge in [0.05, 0.1) is 24.0 Å². The quantitative estimate of drug-likeness (QED) is 0.357. The number of thiazole rings is 1. The van der Waals surface area contributed by atoms with Crippen LogP contribution in [0.25, 0.3) is 0 Å². The number of nitrogens with zero attached hydrogens (tertiary/aromatic N) is 4. The van der Waals surface area contributed by atoms with E-state index in [1.54, 1.807) is 23.1 Å². The minimum atomic E-state index is -4.56. The molecule has 2 aliphatic rings. The summed E-state index contributed by atoms with van der Waals surface area (Å²) in [7, 11) is -3.64. The molecule has 1 unspecified atom stereocenters. The van der Waals surface area contributed by atoms with Crippen molar-refractivity contribution in [2.45, 2.75) is 64.8 Å². The molecule has 41 heavy (non-hydrogen) atoms. The number of carbonyl (C=O) groups is 1. The van der Waals surface area contributed by atoms with E-state index in [9.17, 15) is 26.4 Å². The third-order valence-electron chi connectivity index (χ3n) is 7.07. The zero-order chi connectivity index (χ0) is 29.4. The number of likely N-dealkylation sites (tertiary alicyclic amines) is 1. The van der Waals surface area contributed by atoms with Crippen LogP contribution < -0.4 is 4.18 Å². The molecule has 0 saturated carbocycles. The maximum atomic E-state index is 12.9. The Morgan fingerprint density at radius 3 is 2.51 bits per heavy atom. The number of piperidine rings is 1. The average molecular weight is 615 g/mol. The molecule has 1 fully saturated rings. The number of aromatic nitrogens is 3. The summed E-state index contributed by atoms with van der Waals surface area (Å²) in [6.45, 7) is 4.14. The molecule has 0 spiro atoms. The summed E-state index contributed by atoms with van der Waals surface area (Å²) in [5.41, 5.74) is 1.54. The van der Waals surface area contributed by atoms with Crippen LogP contribution in [0, 0.1) is 6.92 Å². The fraction of sp³-hybridized carbons (Fsp3) is 0.500. The number of hydrogen-bond donors (Lipinski definition) is 0. The van der Waals surface area contributed by atoms with Crippen molar-refractivity contribution in [1.29, 1.82) is 0 Å². The SMILES string of the molecule is CCS(=O)(=O)Oc1ccc2c(c1)COC(c1csc(C3CCN(C(=O)Cn4nc(C(F)(F)F)cc4C)CC3)n1)OC2. The molecule has 1 amide bonds. The summed E-state index contributed by atoms with van der Waals surface area (Å²) in [6.07, 6.45) is -3.91. The Morgan fingerprint density at radius 1 is 1.15 bits per heavy atom. The molecule has 4 heterocycles. The lowest BCUT2D eigenvalue weighted by atomic mass is 9.97. The fourth-order valence-corrected chi connectivity index (χ4v) is 6.20. The van der Waals surface area contributed by atoms with Crippen LogP contribution in [0.3, 0.4) is 0 Å². The molecule has 0 radical (unpaired) electrons. The van der Waals surface area contributed by atoms with E-state index in [0.29, 0.717) is 31.6 Å². The van der Waals surface area contributed by atoms with E-state index < -0.39 is 28.3 Å². The number of hydrogen-bond acceptors (Lipinski definition) is 9. The maximum absolute atomic E-state index is 12.9. The molecule has 1 aromatic carbocycles. The highest BCUT2D eigenvalue weighted by Crippen LogP contribution is 2.35. The standard InChI is InChI=1S/C26H29F3N4O6S2/c1-3-41(35,36)39-20-5-4-18-13-37-25(38-14-19(18)11-20)21-15-40-24(30-21)17-6-8-32(9-7-17)23(34)12-33-16(2)10-22(31-33)26(27,28)29/h4-5,10-11,15,17,25H,3,6-9,12-14H2,1-2H3. The molecule has 5 rings (SSSR count). The average Bonchev–Trinajstić information content (AvgIpc) is 3.51. The van der Waals surface area contributed by atoms with Gasteiger partial charge in [0.1, 0.15) is 18.0 Å². The number of amides is 1. The summed E-state index contributed by atoms with van der Waals surface area (Å²) < 4.78 is 80.5. The van der Waals surface area contributed by atoms with Gasteiger partial charge < -0.3 is 18.6 Å². The highest BCUT2D eigenvalue weighted by atomic mass is 32.2. The number of benzene rings is 1. The number of ether oxygens (including phenoxy) is 2. The van der Waals surface area contributed by atoms with Crippen molar-refractivity contribution in [3.63, 3.8) is 0 Å². The van der Waals surface area contributed by atoms with Gasteiger partial charge in [0, 0.05) is 30.1 Å². The topological polar surface area (TPSA) is 113 Å². The van der Waals surface area contributed by atoms with Crippen molar-refractivity contribution in [2.75, 3.05) is 18.8 Å². The molecule has 0 bridgehead atoms. The minimum Gasteiger partial charge on any atom is -0.382 e. The lowest BCUT2D eigenvalue weighted by Crippen LogP contribution is -2.40. The van der Waals surface area contributed by atoms with Crippen LogP contribution in [0.1, 0.15) is 65.2 Å². The zero-order valence-corrected chi connectivity index (χ0v) is 24.0.